The molecule has 1 amide bonds. The maximum absolute atomic E-state index is 12.3. The van der Waals surface area contributed by atoms with Crippen molar-refractivity contribution in [3.05, 3.63) is 35.2 Å². The lowest BCUT2D eigenvalue weighted by Gasteiger charge is -2.11. The van der Waals surface area contributed by atoms with Crippen molar-refractivity contribution in [2.75, 3.05) is 17.3 Å². The topological polar surface area (TPSA) is 115 Å². The maximum atomic E-state index is 12.3. The van der Waals surface area contributed by atoms with Crippen LogP contribution < -0.4 is 10.3 Å². The molecule has 11 heteroatoms. The fourth-order valence-corrected chi connectivity index (χ4v) is 2.36. The van der Waals surface area contributed by atoms with E-state index in [1.54, 1.807) is 13.1 Å². The predicted molar refractivity (Wildman–Crippen MR) is 74.5 cm³/mol. The summed E-state index contributed by atoms with van der Waals surface area (Å²) in [5, 5.41) is 19.9. The summed E-state index contributed by atoms with van der Waals surface area (Å²) in [6, 6.07) is 1.62. The van der Waals surface area contributed by atoms with Gasteiger partial charge in [-0.3, -0.25) is 15.2 Å². The fraction of sp³-hybridized carbons (Fsp3) is 0.0909. The van der Waals surface area contributed by atoms with Crippen molar-refractivity contribution in [1.82, 2.24) is 20.0 Å². The van der Waals surface area contributed by atoms with E-state index in [4.69, 9.17) is 15.4 Å². The van der Waals surface area contributed by atoms with Crippen LogP contribution in [0.25, 0.3) is 6.08 Å². The number of hydrogen-bond acceptors (Lipinski definition) is 10. The van der Waals surface area contributed by atoms with Crippen LogP contribution in [-0.4, -0.2) is 43.4 Å². The molecule has 1 fully saturated rings. The summed E-state index contributed by atoms with van der Waals surface area (Å²) in [6.45, 7) is 0. The van der Waals surface area contributed by atoms with Gasteiger partial charge in [0, 0.05) is 25.6 Å². The van der Waals surface area contributed by atoms with Crippen LogP contribution in [-0.2, 0) is 9.73 Å². The van der Waals surface area contributed by atoms with E-state index in [9.17, 15) is 4.79 Å². The van der Waals surface area contributed by atoms with Gasteiger partial charge in [0.1, 0.15) is 5.70 Å². The standard InChI is InChI=1S/C11H10N6O4S/c1-15-8(5-7-6-14-11(22-7)17(19)20)9(18)16(21-15)10-12-3-2-4-13-10/h2-6,19-20H,1H3. The van der Waals surface area contributed by atoms with Gasteiger partial charge < -0.3 is 0 Å². The van der Waals surface area contributed by atoms with Crippen LogP contribution in [0.2, 0.25) is 0 Å². The molecular weight excluding hydrogens is 312 g/mol. The summed E-state index contributed by atoms with van der Waals surface area (Å²) in [6.07, 6.45) is 5.89. The number of likely N-dealkylation sites (N-methyl/N-ethyl adjacent to an activating group) is 1. The second-order valence-corrected chi connectivity index (χ2v) is 5.13. The summed E-state index contributed by atoms with van der Waals surface area (Å²) >= 11 is 0.983. The Morgan fingerprint density at radius 3 is 2.68 bits per heavy atom. The molecule has 1 saturated heterocycles. The van der Waals surface area contributed by atoms with Gasteiger partial charge in [0.05, 0.1) is 4.88 Å². The Hall–Kier alpha value is -2.60. The molecule has 0 saturated carbocycles. The van der Waals surface area contributed by atoms with Crippen molar-refractivity contribution >= 4 is 34.4 Å². The summed E-state index contributed by atoms with van der Waals surface area (Å²) in [5.74, 6) is -0.335. The minimum Gasteiger partial charge on any atom is -0.264 e. The number of carbonyl (C=O) groups excluding carboxylic acids is 1. The highest BCUT2D eigenvalue weighted by Crippen LogP contribution is 2.27. The molecule has 0 radical (unpaired) electrons. The minimum atomic E-state index is -0.450. The Morgan fingerprint density at radius 1 is 1.32 bits per heavy atom. The van der Waals surface area contributed by atoms with E-state index < -0.39 is 5.91 Å². The molecule has 0 atom stereocenters. The summed E-state index contributed by atoms with van der Waals surface area (Å²) < 4.78 is 0. The Labute approximate surface area is 128 Å². The highest BCUT2D eigenvalue weighted by atomic mass is 32.1. The van der Waals surface area contributed by atoms with Gasteiger partial charge in [-0.05, 0) is 12.1 Å². The summed E-state index contributed by atoms with van der Waals surface area (Å²) in [5.41, 5.74) is 0.227. The first-order chi connectivity index (χ1) is 10.6. The van der Waals surface area contributed by atoms with Gasteiger partial charge in [-0.2, -0.15) is 0 Å². The summed E-state index contributed by atoms with van der Waals surface area (Å²) in [4.78, 5) is 29.9. The van der Waals surface area contributed by atoms with Crippen LogP contribution >= 0.6 is 11.3 Å². The lowest BCUT2D eigenvalue weighted by molar-refractivity contribution is -0.122. The van der Waals surface area contributed by atoms with Crippen LogP contribution in [0.3, 0.4) is 0 Å². The normalized spacial score (nSPS) is 16.7. The van der Waals surface area contributed by atoms with E-state index in [1.165, 1.54) is 29.7 Å². The molecule has 0 unspecified atom stereocenters. The second-order valence-electron chi connectivity index (χ2n) is 4.09. The third-order valence-corrected chi connectivity index (χ3v) is 3.55. The molecule has 0 aliphatic carbocycles. The average molecular weight is 322 g/mol. The van der Waals surface area contributed by atoms with Gasteiger partial charge in [-0.15, -0.1) is 15.2 Å². The number of nitrogens with zero attached hydrogens (tertiary/aromatic N) is 6. The van der Waals surface area contributed by atoms with Crippen LogP contribution in [0.5, 0.6) is 0 Å². The number of anilines is 2. The zero-order valence-corrected chi connectivity index (χ0v) is 12.0. The van der Waals surface area contributed by atoms with Crippen LogP contribution in [0, 0.1) is 0 Å². The van der Waals surface area contributed by atoms with E-state index >= 15 is 0 Å². The Morgan fingerprint density at radius 2 is 2.05 bits per heavy atom. The minimum absolute atomic E-state index is 0.0240. The number of rotatable bonds is 3. The van der Waals surface area contributed by atoms with Crippen molar-refractivity contribution in [3.8, 4) is 0 Å². The van der Waals surface area contributed by atoms with Crippen molar-refractivity contribution in [2.45, 2.75) is 0 Å². The van der Waals surface area contributed by atoms with Crippen LogP contribution in [0.1, 0.15) is 4.88 Å². The van der Waals surface area contributed by atoms with Gasteiger partial charge in [0.25, 0.3) is 5.95 Å². The zero-order valence-electron chi connectivity index (χ0n) is 11.2. The van der Waals surface area contributed by atoms with E-state index in [1.807, 2.05) is 0 Å². The number of carbonyl (C=O) groups is 1. The van der Waals surface area contributed by atoms with Crippen molar-refractivity contribution in [2.24, 2.45) is 0 Å². The highest BCUT2D eigenvalue weighted by Gasteiger charge is 2.35. The van der Waals surface area contributed by atoms with Crippen LogP contribution in [0.15, 0.2) is 30.4 Å². The number of hydroxylamine groups is 3. The van der Waals surface area contributed by atoms with E-state index in [0.29, 0.717) is 4.88 Å². The van der Waals surface area contributed by atoms with Gasteiger partial charge >= 0.3 is 5.91 Å². The lowest BCUT2D eigenvalue weighted by Crippen LogP contribution is -2.25. The molecule has 3 rings (SSSR count). The molecule has 22 heavy (non-hydrogen) atoms. The largest absolute Gasteiger partial charge is 0.305 e. The molecule has 10 nitrogen and oxygen atoms in total. The maximum Gasteiger partial charge on any atom is 0.305 e. The van der Waals surface area contributed by atoms with Crippen molar-refractivity contribution in [3.63, 3.8) is 0 Å². The molecule has 0 aromatic carbocycles. The van der Waals surface area contributed by atoms with Crippen LogP contribution in [0.4, 0.5) is 11.1 Å². The van der Waals surface area contributed by atoms with E-state index in [2.05, 4.69) is 15.0 Å². The Bertz CT molecular complexity index is 718. The number of amides is 1. The fourth-order valence-electron chi connectivity index (χ4n) is 1.69. The predicted octanol–water partition coefficient (Wildman–Crippen LogP) is 0.684. The number of thiazole rings is 1. The van der Waals surface area contributed by atoms with Gasteiger partial charge in [0.15, 0.2) is 0 Å². The highest BCUT2D eigenvalue weighted by molar-refractivity contribution is 7.16. The molecule has 2 aromatic rings. The number of hydrogen-bond donors (Lipinski definition) is 2. The molecule has 0 bridgehead atoms. The molecular formula is C11H10N6O4S. The third-order valence-electron chi connectivity index (χ3n) is 2.64. The zero-order chi connectivity index (χ0) is 15.7. The molecule has 2 N–H and O–H groups in total. The second kappa shape index (κ2) is 5.65. The van der Waals surface area contributed by atoms with Gasteiger partial charge in [0.2, 0.25) is 5.13 Å². The van der Waals surface area contributed by atoms with E-state index in [0.717, 1.165) is 16.4 Å². The Kier molecular flexibility index (Phi) is 3.68. The first-order valence-corrected chi connectivity index (χ1v) is 6.76. The average Bonchev–Trinajstić information content (AvgIpc) is 3.09. The van der Waals surface area contributed by atoms with Gasteiger partial charge in [-0.25, -0.2) is 20.0 Å². The van der Waals surface area contributed by atoms with E-state index in [-0.39, 0.29) is 22.0 Å². The molecule has 3 heterocycles. The lowest BCUT2D eigenvalue weighted by atomic mass is 10.3. The monoisotopic (exact) mass is 322 g/mol. The molecule has 1 aliphatic rings. The smallest absolute Gasteiger partial charge is 0.264 e. The van der Waals surface area contributed by atoms with Crippen molar-refractivity contribution < 1.29 is 20.1 Å². The third kappa shape index (κ3) is 2.60. The number of aromatic nitrogens is 3. The molecule has 2 aromatic heterocycles. The SMILES string of the molecule is CN1ON(c2ncccn2)C(=O)C1=Cc1cnc(N(O)O)s1. The Balaban J connectivity index is 1.87. The van der Waals surface area contributed by atoms with Gasteiger partial charge in [-0.1, -0.05) is 11.3 Å². The molecule has 1 aliphatic heterocycles. The summed E-state index contributed by atoms with van der Waals surface area (Å²) in [7, 11) is 1.55. The first kappa shape index (κ1) is 14.3. The first-order valence-electron chi connectivity index (χ1n) is 5.95. The molecule has 0 spiro atoms. The molecule has 114 valence electrons. The quantitative estimate of drug-likeness (QED) is 0.621. The van der Waals surface area contributed by atoms with Crippen molar-refractivity contribution in [1.29, 1.82) is 0 Å².